The lowest BCUT2D eigenvalue weighted by Gasteiger charge is -2.09. The Morgan fingerprint density at radius 1 is 1.22 bits per heavy atom. The van der Waals surface area contributed by atoms with Crippen LogP contribution in [0.15, 0.2) is 18.2 Å². The van der Waals surface area contributed by atoms with Crippen LogP contribution in [0.2, 0.25) is 0 Å². The van der Waals surface area contributed by atoms with Gasteiger partial charge in [0.05, 0.1) is 0 Å². The van der Waals surface area contributed by atoms with Gasteiger partial charge in [0.25, 0.3) is 0 Å². The van der Waals surface area contributed by atoms with Crippen LogP contribution in [-0.2, 0) is 4.79 Å². The SMILES string of the molecule is CCCCCCCC(=O)Nc1cccc(O)c1C. The second-order valence-corrected chi connectivity index (χ2v) is 4.66. The van der Waals surface area contributed by atoms with Crippen LogP contribution in [0.5, 0.6) is 5.75 Å². The van der Waals surface area contributed by atoms with Crippen molar-refractivity contribution in [2.24, 2.45) is 0 Å². The van der Waals surface area contributed by atoms with E-state index in [2.05, 4.69) is 12.2 Å². The number of unbranched alkanes of at least 4 members (excludes halogenated alkanes) is 4. The first-order chi connectivity index (χ1) is 8.65. The van der Waals surface area contributed by atoms with Crippen molar-refractivity contribution in [3.05, 3.63) is 23.8 Å². The number of rotatable bonds is 7. The number of phenols is 1. The molecule has 0 atom stereocenters. The van der Waals surface area contributed by atoms with Crippen LogP contribution in [0.1, 0.15) is 51.0 Å². The van der Waals surface area contributed by atoms with Crippen LogP contribution in [0.4, 0.5) is 5.69 Å². The Balaban J connectivity index is 2.34. The van der Waals surface area contributed by atoms with E-state index >= 15 is 0 Å². The van der Waals surface area contributed by atoms with Gasteiger partial charge in [-0.25, -0.2) is 0 Å². The molecule has 2 N–H and O–H groups in total. The molecule has 0 saturated heterocycles. The number of carbonyl (C=O) groups is 1. The molecule has 0 aliphatic carbocycles. The molecule has 100 valence electrons. The minimum Gasteiger partial charge on any atom is -0.508 e. The molecule has 0 unspecified atom stereocenters. The highest BCUT2D eigenvalue weighted by Crippen LogP contribution is 2.24. The maximum absolute atomic E-state index is 11.7. The first-order valence-corrected chi connectivity index (χ1v) is 6.73. The molecular formula is C15H23NO2. The summed E-state index contributed by atoms with van der Waals surface area (Å²) in [5.74, 6) is 0.246. The number of anilines is 1. The molecule has 1 amide bonds. The van der Waals surface area contributed by atoms with E-state index in [1.54, 1.807) is 19.1 Å². The first kappa shape index (κ1) is 14.6. The largest absolute Gasteiger partial charge is 0.508 e. The number of amides is 1. The lowest BCUT2D eigenvalue weighted by Crippen LogP contribution is -2.11. The van der Waals surface area contributed by atoms with Crippen molar-refractivity contribution in [1.82, 2.24) is 0 Å². The third kappa shape index (κ3) is 4.78. The van der Waals surface area contributed by atoms with Crippen LogP contribution in [0.25, 0.3) is 0 Å². The van der Waals surface area contributed by atoms with Gasteiger partial charge in [-0.3, -0.25) is 4.79 Å². The molecule has 0 radical (unpaired) electrons. The fourth-order valence-electron chi connectivity index (χ4n) is 1.86. The average Bonchev–Trinajstić information content (AvgIpc) is 2.35. The monoisotopic (exact) mass is 249 g/mol. The van der Waals surface area contributed by atoms with Gasteiger partial charge in [0.2, 0.25) is 5.91 Å². The fraction of sp³-hybridized carbons (Fsp3) is 0.533. The minimum absolute atomic E-state index is 0.0280. The molecular weight excluding hydrogens is 226 g/mol. The van der Waals surface area contributed by atoms with Gasteiger partial charge in [0, 0.05) is 17.7 Å². The van der Waals surface area contributed by atoms with Gasteiger partial charge >= 0.3 is 0 Å². The van der Waals surface area contributed by atoms with E-state index in [9.17, 15) is 9.90 Å². The summed E-state index contributed by atoms with van der Waals surface area (Å²) >= 11 is 0. The lowest BCUT2D eigenvalue weighted by molar-refractivity contribution is -0.116. The Bertz CT molecular complexity index is 388. The van der Waals surface area contributed by atoms with Gasteiger partial charge in [-0.15, -0.1) is 0 Å². The summed E-state index contributed by atoms with van der Waals surface area (Å²) in [7, 11) is 0. The summed E-state index contributed by atoms with van der Waals surface area (Å²) < 4.78 is 0. The van der Waals surface area contributed by atoms with E-state index in [0.29, 0.717) is 12.1 Å². The van der Waals surface area contributed by atoms with E-state index in [4.69, 9.17) is 0 Å². The molecule has 3 nitrogen and oxygen atoms in total. The number of benzene rings is 1. The third-order valence-corrected chi connectivity index (χ3v) is 3.09. The Labute approximate surface area is 109 Å². The number of aromatic hydroxyl groups is 1. The van der Waals surface area contributed by atoms with Gasteiger partial charge in [0.15, 0.2) is 0 Å². The summed E-state index contributed by atoms with van der Waals surface area (Å²) in [5, 5.41) is 12.4. The number of hydrogen-bond donors (Lipinski definition) is 2. The summed E-state index contributed by atoms with van der Waals surface area (Å²) in [5.41, 5.74) is 1.42. The van der Waals surface area contributed by atoms with Crippen LogP contribution in [-0.4, -0.2) is 11.0 Å². The topological polar surface area (TPSA) is 49.3 Å². The van der Waals surface area contributed by atoms with Gasteiger partial charge in [-0.05, 0) is 25.5 Å². The summed E-state index contributed by atoms with van der Waals surface area (Å²) in [6, 6.07) is 5.17. The van der Waals surface area contributed by atoms with Crippen molar-refractivity contribution in [1.29, 1.82) is 0 Å². The summed E-state index contributed by atoms with van der Waals surface area (Å²) in [6.45, 7) is 3.98. The fourth-order valence-corrected chi connectivity index (χ4v) is 1.86. The summed E-state index contributed by atoms with van der Waals surface area (Å²) in [6.07, 6.45) is 6.26. The van der Waals surface area contributed by atoms with Crippen molar-refractivity contribution < 1.29 is 9.90 Å². The molecule has 0 heterocycles. The molecule has 0 aromatic heterocycles. The highest BCUT2D eigenvalue weighted by atomic mass is 16.3. The van der Waals surface area contributed by atoms with Gasteiger partial charge < -0.3 is 10.4 Å². The molecule has 3 heteroatoms. The molecule has 0 spiro atoms. The van der Waals surface area contributed by atoms with Crippen molar-refractivity contribution in [3.63, 3.8) is 0 Å². The molecule has 0 bridgehead atoms. The average molecular weight is 249 g/mol. The maximum Gasteiger partial charge on any atom is 0.224 e. The molecule has 1 aromatic rings. The normalized spacial score (nSPS) is 10.3. The zero-order valence-electron chi connectivity index (χ0n) is 11.3. The molecule has 0 aliphatic rings. The van der Waals surface area contributed by atoms with Crippen molar-refractivity contribution >= 4 is 11.6 Å². The highest BCUT2D eigenvalue weighted by molar-refractivity contribution is 5.91. The van der Waals surface area contributed by atoms with Gasteiger partial charge in [-0.2, -0.15) is 0 Å². The Morgan fingerprint density at radius 3 is 2.67 bits per heavy atom. The predicted octanol–water partition coefficient (Wildman–Crippen LogP) is 4.00. The first-order valence-electron chi connectivity index (χ1n) is 6.73. The smallest absolute Gasteiger partial charge is 0.224 e. The van der Waals surface area contributed by atoms with Crippen LogP contribution < -0.4 is 5.32 Å². The van der Waals surface area contributed by atoms with E-state index in [1.807, 2.05) is 6.07 Å². The van der Waals surface area contributed by atoms with E-state index in [0.717, 1.165) is 18.4 Å². The van der Waals surface area contributed by atoms with Crippen LogP contribution in [0, 0.1) is 6.92 Å². The third-order valence-electron chi connectivity index (χ3n) is 3.09. The summed E-state index contributed by atoms with van der Waals surface area (Å²) in [4.78, 5) is 11.7. The van der Waals surface area contributed by atoms with Crippen molar-refractivity contribution in [3.8, 4) is 5.75 Å². The van der Waals surface area contributed by atoms with Crippen molar-refractivity contribution in [2.75, 3.05) is 5.32 Å². The number of carbonyl (C=O) groups excluding carboxylic acids is 1. The lowest BCUT2D eigenvalue weighted by atomic mass is 10.1. The van der Waals surface area contributed by atoms with Crippen LogP contribution >= 0.6 is 0 Å². The molecule has 1 rings (SSSR count). The van der Waals surface area contributed by atoms with Gasteiger partial charge in [-0.1, -0.05) is 38.7 Å². The number of phenolic OH excluding ortho intramolecular Hbond substituents is 1. The molecule has 1 aromatic carbocycles. The van der Waals surface area contributed by atoms with E-state index < -0.39 is 0 Å². The standard InChI is InChI=1S/C15H23NO2/c1-3-4-5-6-7-11-15(18)16-13-9-8-10-14(17)12(13)2/h8-10,17H,3-7,11H2,1-2H3,(H,16,18). The highest BCUT2D eigenvalue weighted by Gasteiger charge is 2.06. The molecule has 0 saturated carbocycles. The maximum atomic E-state index is 11.7. The molecule has 0 aliphatic heterocycles. The van der Waals surface area contributed by atoms with Crippen molar-refractivity contribution in [2.45, 2.75) is 52.4 Å². The van der Waals surface area contributed by atoms with Gasteiger partial charge in [0.1, 0.15) is 5.75 Å². The minimum atomic E-state index is 0.0280. The second-order valence-electron chi connectivity index (χ2n) is 4.66. The Hall–Kier alpha value is -1.51. The number of hydrogen-bond acceptors (Lipinski definition) is 2. The Kier molecular flexibility index (Phi) is 6.26. The number of nitrogens with one attached hydrogen (secondary N) is 1. The Morgan fingerprint density at radius 2 is 1.94 bits per heavy atom. The van der Waals surface area contributed by atoms with E-state index in [-0.39, 0.29) is 11.7 Å². The molecule has 18 heavy (non-hydrogen) atoms. The second kappa shape index (κ2) is 7.75. The quantitative estimate of drug-likeness (QED) is 0.717. The van der Waals surface area contributed by atoms with Crippen LogP contribution in [0.3, 0.4) is 0 Å². The zero-order valence-corrected chi connectivity index (χ0v) is 11.3. The molecule has 0 fully saturated rings. The zero-order chi connectivity index (χ0) is 13.4. The van der Waals surface area contributed by atoms with E-state index in [1.165, 1.54) is 19.3 Å². The predicted molar refractivity (Wildman–Crippen MR) is 74.8 cm³/mol.